The van der Waals surface area contributed by atoms with Crippen LogP contribution < -0.4 is 0 Å². The first-order chi connectivity index (χ1) is 8.88. The third-order valence-electron chi connectivity index (χ3n) is 3.14. The van der Waals surface area contributed by atoms with Crippen molar-refractivity contribution < 1.29 is 0 Å². The van der Waals surface area contributed by atoms with Crippen LogP contribution in [0, 0.1) is 0 Å². The zero-order chi connectivity index (χ0) is 14.0. The minimum atomic E-state index is 0.0612. The monoisotopic (exact) mass is 254 g/mol. The molecule has 0 aliphatic rings. The Bertz CT molecular complexity index is 565. The second-order valence-electron chi connectivity index (χ2n) is 6.26. The molecule has 0 amide bonds. The molecule has 0 N–H and O–H groups in total. The summed E-state index contributed by atoms with van der Waals surface area (Å²) in [5.41, 5.74) is 4.18. The summed E-state index contributed by atoms with van der Waals surface area (Å²) in [7, 11) is 0. The highest BCUT2D eigenvalue weighted by molar-refractivity contribution is 5.54. The third kappa shape index (κ3) is 3.19. The molecule has 0 radical (unpaired) electrons. The molecular weight excluding hydrogens is 232 g/mol. The Kier molecular flexibility index (Phi) is 3.70. The number of nitrogens with zero attached hydrogens (tertiary/aromatic N) is 2. The van der Waals surface area contributed by atoms with Gasteiger partial charge in [0, 0.05) is 16.8 Å². The summed E-state index contributed by atoms with van der Waals surface area (Å²) < 4.78 is 0. The van der Waals surface area contributed by atoms with Crippen LogP contribution in [0.2, 0.25) is 0 Å². The smallest absolute Gasteiger partial charge is 0.0889 e. The van der Waals surface area contributed by atoms with E-state index in [0.717, 1.165) is 22.8 Å². The maximum absolute atomic E-state index is 4.75. The highest BCUT2D eigenvalue weighted by Gasteiger charge is 2.16. The molecule has 2 aromatic heterocycles. The average Bonchev–Trinajstić information content (AvgIpc) is 2.38. The first-order valence-electron chi connectivity index (χ1n) is 6.83. The number of hydrogen-bond donors (Lipinski definition) is 0. The van der Waals surface area contributed by atoms with Crippen molar-refractivity contribution in [1.29, 1.82) is 0 Å². The van der Waals surface area contributed by atoms with Crippen molar-refractivity contribution in [2.24, 2.45) is 0 Å². The molecule has 2 aromatic rings. The Morgan fingerprint density at radius 1 is 0.842 bits per heavy atom. The van der Waals surface area contributed by atoms with Gasteiger partial charge in [0.1, 0.15) is 0 Å². The lowest BCUT2D eigenvalue weighted by Crippen LogP contribution is -2.13. The van der Waals surface area contributed by atoms with E-state index in [1.165, 1.54) is 0 Å². The molecule has 0 aliphatic carbocycles. The number of pyridine rings is 2. The molecule has 2 nitrogen and oxygen atoms in total. The molecule has 0 fully saturated rings. The Hall–Kier alpha value is -1.70. The zero-order valence-electron chi connectivity index (χ0n) is 12.4. The van der Waals surface area contributed by atoms with E-state index in [0.29, 0.717) is 5.92 Å². The van der Waals surface area contributed by atoms with Gasteiger partial charge in [0.2, 0.25) is 0 Å². The molecule has 0 saturated heterocycles. The second kappa shape index (κ2) is 5.12. The van der Waals surface area contributed by atoms with Gasteiger partial charge in [-0.05, 0) is 30.2 Å². The van der Waals surface area contributed by atoms with Gasteiger partial charge in [-0.15, -0.1) is 0 Å². The zero-order valence-corrected chi connectivity index (χ0v) is 12.4. The molecule has 0 spiro atoms. The van der Waals surface area contributed by atoms with Gasteiger partial charge in [0.05, 0.1) is 11.4 Å². The maximum Gasteiger partial charge on any atom is 0.0889 e. The van der Waals surface area contributed by atoms with E-state index in [4.69, 9.17) is 9.97 Å². The van der Waals surface area contributed by atoms with E-state index in [9.17, 15) is 0 Å². The van der Waals surface area contributed by atoms with Gasteiger partial charge in [0.15, 0.2) is 0 Å². The standard InChI is InChI=1S/C17H22N2/c1-12(2)13-8-6-9-14(18-13)15-10-7-11-16(19-15)17(3,4)5/h6-12H,1-5H3. The predicted molar refractivity (Wildman–Crippen MR) is 80.3 cm³/mol. The normalized spacial score (nSPS) is 11.9. The molecule has 0 bridgehead atoms. The van der Waals surface area contributed by atoms with E-state index in [2.05, 4.69) is 58.9 Å². The van der Waals surface area contributed by atoms with Gasteiger partial charge in [-0.2, -0.15) is 0 Å². The number of rotatable bonds is 2. The fraction of sp³-hybridized carbons (Fsp3) is 0.412. The molecule has 0 aliphatic heterocycles. The van der Waals surface area contributed by atoms with Crippen molar-refractivity contribution in [3.63, 3.8) is 0 Å². The van der Waals surface area contributed by atoms with E-state index in [-0.39, 0.29) is 5.41 Å². The summed E-state index contributed by atoms with van der Waals surface area (Å²) in [6.07, 6.45) is 0. The highest BCUT2D eigenvalue weighted by Crippen LogP contribution is 2.24. The fourth-order valence-electron chi connectivity index (χ4n) is 1.91. The van der Waals surface area contributed by atoms with Gasteiger partial charge in [-0.1, -0.05) is 46.8 Å². The van der Waals surface area contributed by atoms with Gasteiger partial charge >= 0.3 is 0 Å². The van der Waals surface area contributed by atoms with Crippen LogP contribution in [0.4, 0.5) is 0 Å². The molecular formula is C17H22N2. The Labute approximate surface area is 115 Å². The minimum Gasteiger partial charge on any atom is -0.251 e. The molecule has 2 heteroatoms. The summed E-state index contributed by atoms with van der Waals surface area (Å²) in [4.78, 5) is 9.46. The largest absolute Gasteiger partial charge is 0.251 e. The van der Waals surface area contributed by atoms with E-state index in [1.54, 1.807) is 0 Å². The fourth-order valence-corrected chi connectivity index (χ4v) is 1.91. The quantitative estimate of drug-likeness (QED) is 0.785. The summed E-state index contributed by atoms with van der Waals surface area (Å²) in [6, 6.07) is 12.3. The summed E-state index contributed by atoms with van der Waals surface area (Å²) in [6.45, 7) is 10.8. The van der Waals surface area contributed by atoms with Crippen LogP contribution >= 0.6 is 0 Å². The van der Waals surface area contributed by atoms with Crippen LogP contribution in [0.5, 0.6) is 0 Å². The molecule has 2 rings (SSSR count). The topological polar surface area (TPSA) is 25.8 Å². The first kappa shape index (κ1) is 13.7. The minimum absolute atomic E-state index is 0.0612. The average molecular weight is 254 g/mol. The van der Waals surface area contributed by atoms with Gasteiger partial charge in [0.25, 0.3) is 0 Å². The lowest BCUT2D eigenvalue weighted by Gasteiger charge is -2.18. The lowest BCUT2D eigenvalue weighted by molar-refractivity contribution is 0.569. The predicted octanol–water partition coefficient (Wildman–Crippen LogP) is 4.56. The Balaban J connectivity index is 2.45. The van der Waals surface area contributed by atoms with Crippen molar-refractivity contribution in [3.05, 3.63) is 47.8 Å². The van der Waals surface area contributed by atoms with Gasteiger partial charge < -0.3 is 0 Å². The van der Waals surface area contributed by atoms with Crippen LogP contribution in [0.1, 0.15) is 51.9 Å². The summed E-state index contributed by atoms with van der Waals surface area (Å²) in [5, 5.41) is 0. The van der Waals surface area contributed by atoms with E-state index >= 15 is 0 Å². The summed E-state index contributed by atoms with van der Waals surface area (Å²) >= 11 is 0. The van der Waals surface area contributed by atoms with Gasteiger partial charge in [-0.25, -0.2) is 0 Å². The SMILES string of the molecule is CC(C)c1cccc(-c2cccc(C(C)(C)C)n2)n1. The van der Waals surface area contributed by atoms with Gasteiger partial charge in [-0.3, -0.25) is 9.97 Å². The molecule has 0 atom stereocenters. The number of hydrogen-bond acceptors (Lipinski definition) is 2. The third-order valence-corrected chi connectivity index (χ3v) is 3.14. The van der Waals surface area contributed by atoms with Crippen molar-refractivity contribution in [2.75, 3.05) is 0 Å². The highest BCUT2D eigenvalue weighted by atomic mass is 14.8. The van der Waals surface area contributed by atoms with Crippen molar-refractivity contribution in [1.82, 2.24) is 9.97 Å². The molecule has 2 heterocycles. The molecule has 100 valence electrons. The van der Waals surface area contributed by atoms with Crippen LogP contribution in [0.15, 0.2) is 36.4 Å². The van der Waals surface area contributed by atoms with E-state index in [1.807, 2.05) is 12.1 Å². The van der Waals surface area contributed by atoms with Crippen LogP contribution in [0.25, 0.3) is 11.4 Å². The first-order valence-corrected chi connectivity index (χ1v) is 6.83. The van der Waals surface area contributed by atoms with Crippen molar-refractivity contribution >= 4 is 0 Å². The lowest BCUT2D eigenvalue weighted by atomic mass is 9.91. The second-order valence-corrected chi connectivity index (χ2v) is 6.26. The molecule has 0 saturated carbocycles. The Morgan fingerprint density at radius 3 is 2.00 bits per heavy atom. The van der Waals surface area contributed by atoms with Crippen LogP contribution in [-0.4, -0.2) is 9.97 Å². The maximum atomic E-state index is 4.75. The van der Waals surface area contributed by atoms with Crippen molar-refractivity contribution in [3.8, 4) is 11.4 Å². The molecule has 0 aromatic carbocycles. The van der Waals surface area contributed by atoms with Crippen LogP contribution in [0.3, 0.4) is 0 Å². The van der Waals surface area contributed by atoms with Crippen LogP contribution in [-0.2, 0) is 5.41 Å². The van der Waals surface area contributed by atoms with Crippen molar-refractivity contribution in [2.45, 2.75) is 46.0 Å². The Morgan fingerprint density at radius 2 is 1.42 bits per heavy atom. The molecule has 19 heavy (non-hydrogen) atoms. The summed E-state index contributed by atoms with van der Waals surface area (Å²) in [5.74, 6) is 0.436. The molecule has 0 unspecified atom stereocenters. The van der Waals surface area contributed by atoms with E-state index < -0.39 is 0 Å². The number of aromatic nitrogens is 2.